The molecule has 0 atom stereocenters. The lowest BCUT2D eigenvalue weighted by atomic mass is 10.2. The molecule has 84 valence electrons. The Morgan fingerprint density at radius 3 is 2.73 bits per heavy atom. The zero-order chi connectivity index (χ0) is 11.5. The van der Waals surface area contributed by atoms with Crippen LogP contribution in [-0.2, 0) is 11.3 Å². The fraction of sp³-hybridized carbons (Fsp3) is 0.500. The van der Waals surface area contributed by atoms with E-state index in [9.17, 15) is 9.18 Å². The maximum absolute atomic E-state index is 13.0. The molecular formula is C10H14FNO2S. The average Bonchev–Trinajstić information content (AvgIpc) is 2.44. The highest BCUT2D eigenvalue weighted by atomic mass is 32.1. The van der Waals surface area contributed by atoms with E-state index in [2.05, 4.69) is 5.32 Å². The third-order valence-electron chi connectivity index (χ3n) is 1.48. The maximum atomic E-state index is 13.0. The van der Waals surface area contributed by atoms with Gasteiger partial charge in [0.1, 0.15) is 11.4 Å². The molecule has 5 heteroatoms. The molecular weight excluding hydrogens is 217 g/mol. The van der Waals surface area contributed by atoms with Crippen molar-refractivity contribution in [2.45, 2.75) is 32.9 Å². The van der Waals surface area contributed by atoms with Gasteiger partial charge in [0.25, 0.3) is 0 Å². The maximum Gasteiger partial charge on any atom is 0.407 e. The number of carbonyl (C=O) groups excluding carboxylic acids is 1. The Morgan fingerprint density at radius 1 is 1.60 bits per heavy atom. The fourth-order valence-corrected chi connectivity index (χ4v) is 1.61. The number of hydrogen-bond donors (Lipinski definition) is 1. The van der Waals surface area contributed by atoms with Crippen LogP contribution in [0.15, 0.2) is 11.4 Å². The van der Waals surface area contributed by atoms with Gasteiger partial charge in [-0.05, 0) is 32.2 Å². The van der Waals surface area contributed by atoms with Crippen molar-refractivity contribution in [1.82, 2.24) is 5.32 Å². The van der Waals surface area contributed by atoms with Gasteiger partial charge in [0.05, 0.1) is 11.4 Å². The summed E-state index contributed by atoms with van der Waals surface area (Å²) in [6.45, 7) is 5.49. The third kappa shape index (κ3) is 4.29. The van der Waals surface area contributed by atoms with Crippen molar-refractivity contribution in [2.24, 2.45) is 0 Å². The van der Waals surface area contributed by atoms with E-state index in [-0.39, 0.29) is 12.4 Å². The first-order valence-corrected chi connectivity index (χ1v) is 5.45. The van der Waals surface area contributed by atoms with Gasteiger partial charge in [-0.1, -0.05) is 0 Å². The van der Waals surface area contributed by atoms with Crippen molar-refractivity contribution in [3.8, 4) is 0 Å². The SMILES string of the molecule is CC(C)(C)OC(=O)NCc1sccc1F. The molecule has 1 aromatic heterocycles. The molecule has 1 amide bonds. The first-order chi connectivity index (χ1) is 6.88. The van der Waals surface area contributed by atoms with Gasteiger partial charge in [-0.25, -0.2) is 9.18 Å². The summed E-state index contributed by atoms with van der Waals surface area (Å²) in [6.07, 6.45) is -0.532. The molecule has 0 fully saturated rings. The van der Waals surface area contributed by atoms with Crippen LogP contribution in [-0.4, -0.2) is 11.7 Å². The van der Waals surface area contributed by atoms with Crippen LogP contribution in [0.25, 0.3) is 0 Å². The number of amides is 1. The summed E-state index contributed by atoms with van der Waals surface area (Å²) >= 11 is 1.26. The number of rotatable bonds is 2. The fourth-order valence-electron chi connectivity index (χ4n) is 0.918. The summed E-state index contributed by atoms with van der Waals surface area (Å²) in [4.78, 5) is 11.7. The predicted molar refractivity (Wildman–Crippen MR) is 57.4 cm³/mol. The van der Waals surface area contributed by atoms with Gasteiger partial charge in [-0.3, -0.25) is 0 Å². The minimum Gasteiger partial charge on any atom is -0.444 e. The molecule has 0 aliphatic heterocycles. The molecule has 1 rings (SSSR count). The average molecular weight is 231 g/mol. The highest BCUT2D eigenvalue weighted by Crippen LogP contribution is 2.14. The van der Waals surface area contributed by atoms with E-state index < -0.39 is 11.7 Å². The van der Waals surface area contributed by atoms with Crippen LogP contribution in [0.1, 0.15) is 25.6 Å². The summed E-state index contributed by atoms with van der Waals surface area (Å²) in [6, 6.07) is 1.37. The molecule has 1 aromatic rings. The molecule has 1 heterocycles. The van der Waals surface area contributed by atoms with Crippen molar-refractivity contribution in [3.63, 3.8) is 0 Å². The van der Waals surface area contributed by atoms with Crippen molar-refractivity contribution in [2.75, 3.05) is 0 Å². The second kappa shape index (κ2) is 4.61. The topological polar surface area (TPSA) is 38.3 Å². The Kier molecular flexibility index (Phi) is 3.68. The van der Waals surface area contributed by atoms with Gasteiger partial charge in [-0.15, -0.1) is 11.3 Å². The van der Waals surface area contributed by atoms with Gasteiger partial charge in [0, 0.05) is 0 Å². The molecule has 0 radical (unpaired) electrons. The molecule has 0 aliphatic carbocycles. The molecule has 0 aliphatic rings. The van der Waals surface area contributed by atoms with Crippen LogP contribution < -0.4 is 5.32 Å². The molecule has 0 bridgehead atoms. The molecule has 0 saturated heterocycles. The Hall–Kier alpha value is -1.10. The third-order valence-corrected chi connectivity index (χ3v) is 2.38. The molecule has 0 unspecified atom stereocenters. The summed E-state index contributed by atoms with van der Waals surface area (Å²) in [7, 11) is 0. The van der Waals surface area contributed by atoms with E-state index in [1.165, 1.54) is 17.4 Å². The summed E-state index contributed by atoms with van der Waals surface area (Å²) < 4.78 is 18.0. The van der Waals surface area contributed by atoms with E-state index in [0.29, 0.717) is 4.88 Å². The van der Waals surface area contributed by atoms with Crippen molar-refractivity contribution in [3.05, 3.63) is 22.1 Å². The lowest BCUT2D eigenvalue weighted by molar-refractivity contribution is 0.0524. The predicted octanol–water partition coefficient (Wildman–Crippen LogP) is 2.91. The molecule has 0 aromatic carbocycles. The lowest BCUT2D eigenvalue weighted by Gasteiger charge is -2.19. The zero-order valence-corrected chi connectivity index (χ0v) is 9.78. The van der Waals surface area contributed by atoms with Gasteiger partial charge in [-0.2, -0.15) is 0 Å². The highest BCUT2D eigenvalue weighted by molar-refractivity contribution is 7.09. The summed E-state index contributed by atoms with van der Waals surface area (Å²) in [5.41, 5.74) is -0.530. The monoisotopic (exact) mass is 231 g/mol. The minimum absolute atomic E-state index is 0.165. The van der Waals surface area contributed by atoms with E-state index in [1.54, 1.807) is 26.2 Å². The first-order valence-electron chi connectivity index (χ1n) is 4.57. The number of nitrogens with one attached hydrogen (secondary N) is 1. The molecule has 15 heavy (non-hydrogen) atoms. The second-order valence-electron chi connectivity index (χ2n) is 4.05. The van der Waals surface area contributed by atoms with Gasteiger partial charge in [0.2, 0.25) is 0 Å². The van der Waals surface area contributed by atoms with Crippen molar-refractivity contribution < 1.29 is 13.9 Å². The standard InChI is InChI=1S/C10H14FNO2S/c1-10(2,3)14-9(13)12-6-8-7(11)4-5-15-8/h4-5H,6H2,1-3H3,(H,12,13). The number of halogens is 1. The number of thiophene rings is 1. The van der Waals surface area contributed by atoms with E-state index in [1.807, 2.05) is 0 Å². The number of carbonyl (C=O) groups is 1. The van der Waals surface area contributed by atoms with Gasteiger partial charge < -0.3 is 10.1 Å². The van der Waals surface area contributed by atoms with E-state index in [4.69, 9.17) is 4.74 Å². The Labute approximate surface area is 92.3 Å². The Balaban J connectivity index is 2.38. The number of hydrogen-bond acceptors (Lipinski definition) is 3. The minimum atomic E-state index is -0.532. The largest absolute Gasteiger partial charge is 0.444 e. The normalized spacial score (nSPS) is 11.2. The Morgan fingerprint density at radius 2 is 2.27 bits per heavy atom. The first kappa shape index (κ1) is 12.0. The van der Waals surface area contributed by atoms with Gasteiger partial charge in [0.15, 0.2) is 0 Å². The van der Waals surface area contributed by atoms with Crippen LogP contribution in [0, 0.1) is 5.82 Å². The highest BCUT2D eigenvalue weighted by Gasteiger charge is 2.16. The summed E-state index contributed by atoms with van der Waals surface area (Å²) in [5.74, 6) is -0.295. The smallest absolute Gasteiger partial charge is 0.407 e. The quantitative estimate of drug-likeness (QED) is 0.849. The summed E-state index contributed by atoms with van der Waals surface area (Å²) in [5, 5.41) is 4.13. The zero-order valence-electron chi connectivity index (χ0n) is 8.96. The van der Waals surface area contributed by atoms with E-state index >= 15 is 0 Å². The second-order valence-corrected chi connectivity index (χ2v) is 5.05. The van der Waals surface area contributed by atoms with E-state index in [0.717, 1.165) is 0 Å². The van der Waals surface area contributed by atoms with Crippen molar-refractivity contribution >= 4 is 17.4 Å². The molecule has 3 nitrogen and oxygen atoms in total. The van der Waals surface area contributed by atoms with Crippen LogP contribution in [0.4, 0.5) is 9.18 Å². The van der Waals surface area contributed by atoms with Crippen LogP contribution in [0.5, 0.6) is 0 Å². The number of alkyl carbamates (subject to hydrolysis) is 1. The molecule has 1 N–H and O–H groups in total. The molecule has 0 spiro atoms. The lowest BCUT2D eigenvalue weighted by Crippen LogP contribution is -2.32. The van der Waals surface area contributed by atoms with Crippen LogP contribution in [0.2, 0.25) is 0 Å². The molecule has 0 saturated carbocycles. The van der Waals surface area contributed by atoms with Gasteiger partial charge >= 0.3 is 6.09 Å². The Bertz CT molecular complexity index is 343. The van der Waals surface area contributed by atoms with Crippen molar-refractivity contribution in [1.29, 1.82) is 0 Å². The van der Waals surface area contributed by atoms with Crippen LogP contribution >= 0.6 is 11.3 Å². The van der Waals surface area contributed by atoms with Crippen LogP contribution in [0.3, 0.4) is 0 Å². The number of ether oxygens (including phenoxy) is 1.